The number of carbonyl (C=O) groups excluding carboxylic acids is 2. The lowest BCUT2D eigenvalue weighted by atomic mass is 9.86. The number of fused-ring (bicyclic) bond motifs is 1. The van der Waals surface area contributed by atoms with Crippen LogP contribution in [0.2, 0.25) is 0 Å². The molecule has 1 N–H and O–H groups in total. The predicted molar refractivity (Wildman–Crippen MR) is 106 cm³/mol. The molecule has 1 heterocycles. The number of benzene rings is 1. The van der Waals surface area contributed by atoms with Crippen molar-refractivity contribution in [1.82, 2.24) is 5.32 Å². The molecule has 0 saturated heterocycles. The second kappa shape index (κ2) is 8.62. The highest BCUT2D eigenvalue weighted by Crippen LogP contribution is 2.29. The summed E-state index contributed by atoms with van der Waals surface area (Å²) in [6.45, 7) is 4.81. The van der Waals surface area contributed by atoms with Gasteiger partial charge in [0.1, 0.15) is 5.75 Å². The summed E-state index contributed by atoms with van der Waals surface area (Å²) in [7, 11) is 0. The van der Waals surface area contributed by atoms with Crippen LogP contribution in [-0.2, 0) is 4.79 Å². The Kier molecular flexibility index (Phi) is 6.01. The highest BCUT2D eigenvalue weighted by molar-refractivity contribution is 6.14. The Bertz CT molecular complexity index is 845. The van der Waals surface area contributed by atoms with Gasteiger partial charge in [-0.3, -0.25) is 9.59 Å². The smallest absolute Gasteiger partial charge is 0.277 e. The number of ether oxygens (including phenoxy) is 1. The van der Waals surface area contributed by atoms with Crippen LogP contribution in [0.3, 0.4) is 0 Å². The van der Waals surface area contributed by atoms with E-state index in [0.717, 1.165) is 36.3 Å². The summed E-state index contributed by atoms with van der Waals surface area (Å²) in [6.07, 6.45) is 10.1. The summed E-state index contributed by atoms with van der Waals surface area (Å²) < 4.78 is 5.61. The minimum atomic E-state index is -0.321. The molecule has 0 spiro atoms. The summed E-state index contributed by atoms with van der Waals surface area (Å²) in [4.78, 5) is 28.4. The molecule has 1 aliphatic heterocycles. The number of amides is 2. The second-order valence-electron chi connectivity index (χ2n) is 6.57. The zero-order valence-corrected chi connectivity index (χ0v) is 15.7. The molecule has 5 heteroatoms. The molecule has 0 aromatic heterocycles. The summed E-state index contributed by atoms with van der Waals surface area (Å²) in [5, 5.41) is 2.84. The van der Waals surface area contributed by atoms with Crippen molar-refractivity contribution in [3.63, 3.8) is 0 Å². The maximum atomic E-state index is 12.4. The van der Waals surface area contributed by atoms with E-state index in [4.69, 9.17) is 4.74 Å². The molecular formula is C22H24N2O3. The van der Waals surface area contributed by atoms with E-state index in [9.17, 15) is 9.59 Å². The molecule has 5 nitrogen and oxygen atoms in total. The van der Waals surface area contributed by atoms with Gasteiger partial charge in [0.2, 0.25) is 5.91 Å². The van der Waals surface area contributed by atoms with Crippen LogP contribution in [0, 0.1) is 5.92 Å². The van der Waals surface area contributed by atoms with Gasteiger partial charge in [0.15, 0.2) is 0 Å². The van der Waals surface area contributed by atoms with Gasteiger partial charge in [0, 0.05) is 23.3 Å². The third-order valence-electron chi connectivity index (χ3n) is 4.59. The van der Waals surface area contributed by atoms with Gasteiger partial charge < -0.3 is 10.1 Å². The van der Waals surface area contributed by atoms with Crippen LogP contribution in [0.15, 0.2) is 64.8 Å². The molecule has 0 saturated carbocycles. The van der Waals surface area contributed by atoms with E-state index in [0.29, 0.717) is 17.9 Å². The molecule has 27 heavy (non-hydrogen) atoms. The van der Waals surface area contributed by atoms with Crippen molar-refractivity contribution in [3.8, 4) is 5.75 Å². The average molecular weight is 364 g/mol. The van der Waals surface area contributed by atoms with E-state index in [2.05, 4.69) is 17.2 Å². The Balaban J connectivity index is 1.71. The number of nitrogens with one attached hydrogen (secondary N) is 1. The van der Waals surface area contributed by atoms with Crippen LogP contribution >= 0.6 is 0 Å². The standard InChI is InChI=1S/C22H24N2O3/c1-3-5-12-27-18-9-6-16(7-10-18)22(26)23-17-8-11-19-15(4-2)13-21(25)24-20(19)14-17/h6-11,13-14,19H,3-5,12H2,1-2H3,(H,24,25). The van der Waals surface area contributed by atoms with Gasteiger partial charge >= 0.3 is 0 Å². The van der Waals surface area contributed by atoms with E-state index in [1.54, 1.807) is 36.4 Å². The molecule has 1 aliphatic carbocycles. The van der Waals surface area contributed by atoms with E-state index in [1.165, 1.54) is 0 Å². The number of rotatable bonds is 6. The van der Waals surface area contributed by atoms with Crippen molar-refractivity contribution < 1.29 is 14.3 Å². The maximum absolute atomic E-state index is 12.4. The monoisotopic (exact) mass is 364 g/mol. The van der Waals surface area contributed by atoms with Gasteiger partial charge in [-0.1, -0.05) is 31.9 Å². The van der Waals surface area contributed by atoms with Crippen LogP contribution in [0.4, 0.5) is 0 Å². The fourth-order valence-electron chi connectivity index (χ4n) is 3.07. The first-order valence-electron chi connectivity index (χ1n) is 9.37. The van der Waals surface area contributed by atoms with Gasteiger partial charge in [0.05, 0.1) is 12.3 Å². The summed E-state index contributed by atoms with van der Waals surface area (Å²) >= 11 is 0. The Morgan fingerprint density at radius 1 is 1.19 bits per heavy atom. The predicted octanol–water partition coefficient (Wildman–Crippen LogP) is 3.98. The van der Waals surface area contributed by atoms with Gasteiger partial charge in [-0.2, -0.15) is 0 Å². The Morgan fingerprint density at radius 2 is 1.96 bits per heavy atom. The second-order valence-corrected chi connectivity index (χ2v) is 6.57. The average Bonchev–Trinajstić information content (AvgIpc) is 2.67. The van der Waals surface area contributed by atoms with Crippen molar-refractivity contribution in [3.05, 3.63) is 65.4 Å². The van der Waals surface area contributed by atoms with Crippen LogP contribution in [-0.4, -0.2) is 24.1 Å². The third-order valence-corrected chi connectivity index (χ3v) is 4.59. The van der Waals surface area contributed by atoms with Crippen LogP contribution in [0.25, 0.3) is 0 Å². The summed E-state index contributed by atoms with van der Waals surface area (Å²) in [6, 6.07) is 7.01. The highest BCUT2D eigenvalue weighted by Gasteiger charge is 2.25. The largest absolute Gasteiger partial charge is 0.494 e. The van der Waals surface area contributed by atoms with Gasteiger partial charge in [-0.25, -0.2) is 4.99 Å². The minimum Gasteiger partial charge on any atom is -0.494 e. The van der Waals surface area contributed by atoms with Gasteiger partial charge in [0.25, 0.3) is 5.91 Å². The van der Waals surface area contributed by atoms with Crippen LogP contribution in [0.1, 0.15) is 43.5 Å². The Hall–Kier alpha value is -2.95. The molecule has 0 radical (unpaired) electrons. The molecule has 2 amide bonds. The fraction of sp³-hybridized carbons (Fsp3) is 0.318. The molecule has 1 aromatic rings. The van der Waals surface area contributed by atoms with E-state index in [1.807, 2.05) is 19.1 Å². The molecule has 1 atom stereocenters. The number of unbranched alkanes of at least 4 members (excludes halogenated alkanes) is 1. The van der Waals surface area contributed by atoms with Crippen molar-refractivity contribution in [2.75, 3.05) is 6.61 Å². The quantitative estimate of drug-likeness (QED) is 0.776. The lowest BCUT2D eigenvalue weighted by Crippen LogP contribution is -2.33. The molecule has 3 rings (SSSR count). The van der Waals surface area contributed by atoms with Crippen LogP contribution < -0.4 is 10.1 Å². The van der Waals surface area contributed by atoms with Gasteiger partial charge in [-0.15, -0.1) is 0 Å². The zero-order valence-electron chi connectivity index (χ0n) is 15.7. The number of allylic oxidation sites excluding steroid dienone is 3. The number of hydrogen-bond donors (Lipinski definition) is 1. The SMILES string of the molecule is CCCCOc1ccc(C(=O)N=C2C=CC3C(CC)=CC(=O)NC3=C2)cc1. The van der Waals surface area contributed by atoms with Crippen molar-refractivity contribution in [1.29, 1.82) is 0 Å². The molecular weight excluding hydrogens is 340 g/mol. The van der Waals surface area contributed by atoms with Crippen molar-refractivity contribution in [2.24, 2.45) is 10.9 Å². The Labute approximate surface area is 159 Å². The van der Waals surface area contributed by atoms with E-state index >= 15 is 0 Å². The summed E-state index contributed by atoms with van der Waals surface area (Å²) in [5.41, 5.74) is 2.87. The minimum absolute atomic E-state index is 0.0568. The number of aliphatic imine (C=N–C) groups is 1. The van der Waals surface area contributed by atoms with E-state index in [-0.39, 0.29) is 17.7 Å². The molecule has 1 unspecified atom stereocenters. The lowest BCUT2D eigenvalue weighted by molar-refractivity contribution is -0.116. The summed E-state index contributed by atoms with van der Waals surface area (Å²) in [5.74, 6) is 0.354. The van der Waals surface area contributed by atoms with Crippen molar-refractivity contribution >= 4 is 17.5 Å². The molecule has 1 aromatic carbocycles. The first kappa shape index (κ1) is 18.8. The number of carbonyl (C=O) groups is 2. The Morgan fingerprint density at radius 3 is 2.67 bits per heavy atom. The maximum Gasteiger partial charge on any atom is 0.277 e. The molecule has 2 aliphatic rings. The lowest BCUT2D eigenvalue weighted by Gasteiger charge is -2.26. The molecule has 0 bridgehead atoms. The number of nitrogens with zero attached hydrogens (tertiary/aromatic N) is 1. The zero-order chi connectivity index (χ0) is 19.2. The normalized spacial score (nSPS) is 19.9. The fourth-order valence-corrected chi connectivity index (χ4v) is 3.07. The first-order chi connectivity index (χ1) is 13.1. The first-order valence-corrected chi connectivity index (χ1v) is 9.37. The van der Waals surface area contributed by atoms with Crippen LogP contribution in [0.5, 0.6) is 5.75 Å². The van der Waals surface area contributed by atoms with Crippen molar-refractivity contribution in [2.45, 2.75) is 33.1 Å². The highest BCUT2D eigenvalue weighted by atomic mass is 16.5. The topological polar surface area (TPSA) is 67.8 Å². The molecule has 140 valence electrons. The number of hydrogen-bond acceptors (Lipinski definition) is 3. The van der Waals surface area contributed by atoms with E-state index < -0.39 is 0 Å². The third kappa shape index (κ3) is 4.61. The van der Waals surface area contributed by atoms with Gasteiger partial charge in [-0.05, 0) is 49.3 Å². The molecule has 0 fully saturated rings.